The Hall–Kier alpha value is -2.20. The fourth-order valence-electron chi connectivity index (χ4n) is 2.22. The van der Waals surface area contributed by atoms with Crippen LogP contribution < -0.4 is 5.73 Å². The fraction of sp³-hybridized carbons (Fsp3) is 0.222. The molecule has 2 aromatic carbocycles. The molecule has 114 valence electrons. The predicted octanol–water partition coefficient (Wildman–Crippen LogP) is 3.30. The van der Waals surface area contributed by atoms with Gasteiger partial charge < -0.3 is 10.5 Å². The summed E-state index contributed by atoms with van der Waals surface area (Å²) in [6.45, 7) is 0.398. The molecule has 0 aliphatic heterocycles. The summed E-state index contributed by atoms with van der Waals surface area (Å²) in [6, 6.07) is 17.4. The van der Waals surface area contributed by atoms with Crippen LogP contribution in [0.4, 0.5) is 0 Å². The van der Waals surface area contributed by atoms with Crippen LogP contribution in [-0.2, 0) is 17.6 Å². The van der Waals surface area contributed by atoms with Crippen LogP contribution in [0.2, 0.25) is 0 Å². The number of benzene rings is 2. The summed E-state index contributed by atoms with van der Waals surface area (Å²) < 4.78 is 5.35. The van der Waals surface area contributed by atoms with Gasteiger partial charge >= 0.3 is 5.97 Å². The minimum absolute atomic E-state index is 0.320. The number of esters is 1. The largest absolute Gasteiger partial charge is 0.462 e. The van der Waals surface area contributed by atoms with Crippen molar-refractivity contribution in [2.24, 2.45) is 5.73 Å². The van der Waals surface area contributed by atoms with Crippen molar-refractivity contribution in [3.8, 4) is 0 Å². The zero-order chi connectivity index (χ0) is 15.8. The van der Waals surface area contributed by atoms with Crippen LogP contribution in [0, 0.1) is 0 Å². The van der Waals surface area contributed by atoms with Crippen LogP contribution in [0.3, 0.4) is 0 Å². The lowest BCUT2D eigenvalue weighted by Crippen LogP contribution is -2.15. The van der Waals surface area contributed by atoms with Gasteiger partial charge in [0, 0.05) is 6.42 Å². The Morgan fingerprint density at radius 3 is 2.45 bits per heavy atom. The number of hydrogen-bond donors (Lipinski definition) is 1. The molecule has 0 aliphatic carbocycles. The van der Waals surface area contributed by atoms with Crippen molar-refractivity contribution < 1.29 is 9.53 Å². The zero-order valence-corrected chi connectivity index (χ0v) is 13.1. The van der Waals surface area contributed by atoms with Crippen molar-refractivity contribution in [2.75, 3.05) is 6.61 Å². The zero-order valence-electron chi connectivity index (χ0n) is 12.3. The van der Waals surface area contributed by atoms with Crippen LogP contribution in [0.15, 0.2) is 54.6 Å². The van der Waals surface area contributed by atoms with E-state index in [4.69, 9.17) is 22.7 Å². The number of hydrogen-bond acceptors (Lipinski definition) is 3. The molecule has 2 rings (SSSR count). The summed E-state index contributed by atoms with van der Waals surface area (Å²) in [6.07, 6.45) is 2.10. The Labute approximate surface area is 136 Å². The molecular formula is C18H19NO2S. The van der Waals surface area contributed by atoms with Crippen LogP contribution in [-0.4, -0.2) is 17.6 Å². The summed E-state index contributed by atoms with van der Waals surface area (Å²) in [5.74, 6) is -0.320. The van der Waals surface area contributed by atoms with E-state index < -0.39 is 0 Å². The van der Waals surface area contributed by atoms with Gasteiger partial charge in [-0.1, -0.05) is 60.7 Å². The van der Waals surface area contributed by atoms with Crippen LogP contribution >= 0.6 is 12.2 Å². The molecule has 0 radical (unpaired) electrons. The smallest absolute Gasteiger partial charge is 0.338 e. The lowest BCUT2D eigenvalue weighted by atomic mass is 10.0. The van der Waals surface area contributed by atoms with Gasteiger partial charge in [0.05, 0.1) is 17.2 Å². The molecule has 0 aromatic heterocycles. The Bertz CT molecular complexity index is 641. The molecule has 0 spiro atoms. The van der Waals surface area contributed by atoms with Gasteiger partial charge in [-0.15, -0.1) is 0 Å². The van der Waals surface area contributed by atoms with E-state index in [1.807, 2.05) is 36.4 Å². The van der Waals surface area contributed by atoms with Crippen molar-refractivity contribution in [3.63, 3.8) is 0 Å². The van der Waals surface area contributed by atoms with Gasteiger partial charge in [-0.05, 0) is 30.0 Å². The molecule has 0 amide bonds. The normalized spacial score (nSPS) is 10.2. The molecule has 0 saturated carbocycles. The van der Waals surface area contributed by atoms with Crippen molar-refractivity contribution in [1.82, 2.24) is 0 Å². The monoisotopic (exact) mass is 313 g/mol. The highest BCUT2D eigenvalue weighted by atomic mass is 32.1. The van der Waals surface area contributed by atoms with Crippen molar-refractivity contribution in [1.29, 1.82) is 0 Å². The standard InChI is InChI=1S/C18H19NO2S/c19-17(22)13-15-10-4-5-11-16(15)18(20)21-12-6-9-14-7-2-1-3-8-14/h1-5,7-8,10-11H,6,9,12-13H2,(H2,19,22). The minimum atomic E-state index is -0.320. The molecule has 22 heavy (non-hydrogen) atoms. The molecule has 0 atom stereocenters. The lowest BCUT2D eigenvalue weighted by Gasteiger charge is -2.09. The van der Waals surface area contributed by atoms with Crippen LogP contribution in [0.25, 0.3) is 0 Å². The second-order valence-electron chi connectivity index (χ2n) is 5.03. The Morgan fingerprint density at radius 1 is 1.05 bits per heavy atom. The maximum atomic E-state index is 12.2. The number of ether oxygens (including phenoxy) is 1. The number of aryl methyl sites for hydroxylation is 1. The highest BCUT2D eigenvalue weighted by molar-refractivity contribution is 7.80. The first-order chi connectivity index (χ1) is 10.7. The van der Waals surface area contributed by atoms with E-state index in [0.717, 1.165) is 18.4 Å². The van der Waals surface area contributed by atoms with Crippen molar-refractivity contribution in [2.45, 2.75) is 19.3 Å². The average Bonchev–Trinajstić information content (AvgIpc) is 2.52. The third kappa shape index (κ3) is 4.97. The molecule has 0 bridgehead atoms. The van der Waals surface area contributed by atoms with E-state index in [-0.39, 0.29) is 5.97 Å². The summed E-state index contributed by atoms with van der Waals surface area (Å²) in [5, 5.41) is 0. The quantitative estimate of drug-likeness (QED) is 0.484. The third-order valence-corrected chi connectivity index (χ3v) is 3.43. The highest BCUT2D eigenvalue weighted by Gasteiger charge is 2.12. The van der Waals surface area contributed by atoms with Crippen LogP contribution in [0.5, 0.6) is 0 Å². The van der Waals surface area contributed by atoms with E-state index in [2.05, 4.69) is 12.1 Å². The van der Waals surface area contributed by atoms with Crippen molar-refractivity contribution >= 4 is 23.2 Å². The number of carbonyl (C=O) groups excluding carboxylic acids is 1. The molecule has 0 fully saturated rings. The molecular weight excluding hydrogens is 294 g/mol. The summed E-state index contributed by atoms with van der Waals surface area (Å²) in [7, 11) is 0. The van der Waals surface area contributed by atoms with E-state index in [1.54, 1.807) is 6.07 Å². The SMILES string of the molecule is NC(=S)Cc1ccccc1C(=O)OCCCc1ccccc1. The first-order valence-electron chi connectivity index (χ1n) is 7.24. The Morgan fingerprint density at radius 2 is 1.73 bits per heavy atom. The topological polar surface area (TPSA) is 52.3 Å². The van der Waals surface area contributed by atoms with Crippen molar-refractivity contribution in [3.05, 3.63) is 71.3 Å². The average molecular weight is 313 g/mol. The molecule has 3 nitrogen and oxygen atoms in total. The van der Waals surface area contributed by atoms with E-state index in [0.29, 0.717) is 23.6 Å². The van der Waals surface area contributed by atoms with E-state index >= 15 is 0 Å². The molecule has 4 heteroatoms. The predicted molar refractivity (Wildman–Crippen MR) is 92.0 cm³/mol. The second-order valence-corrected chi connectivity index (χ2v) is 5.55. The Kier molecular flexibility index (Phi) is 6.10. The number of thiocarbonyl (C=S) groups is 1. The van der Waals surface area contributed by atoms with Crippen LogP contribution in [0.1, 0.15) is 27.9 Å². The number of rotatable bonds is 7. The number of carbonyl (C=O) groups is 1. The Balaban J connectivity index is 1.86. The van der Waals surface area contributed by atoms with Gasteiger partial charge in [0.2, 0.25) is 0 Å². The lowest BCUT2D eigenvalue weighted by molar-refractivity contribution is 0.0499. The molecule has 2 N–H and O–H groups in total. The first-order valence-corrected chi connectivity index (χ1v) is 7.65. The van der Waals surface area contributed by atoms with Gasteiger partial charge in [0.15, 0.2) is 0 Å². The third-order valence-electron chi connectivity index (χ3n) is 3.29. The molecule has 0 unspecified atom stereocenters. The fourth-order valence-corrected chi connectivity index (χ4v) is 2.38. The summed E-state index contributed by atoms with van der Waals surface area (Å²) in [5.41, 5.74) is 8.15. The van der Waals surface area contributed by atoms with Gasteiger partial charge in [0.1, 0.15) is 0 Å². The van der Waals surface area contributed by atoms with Gasteiger partial charge in [0.25, 0.3) is 0 Å². The number of nitrogens with two attached hydrogens (primary N) is 1. The summed E-state index contributed by atoms with van der Waals surface area (Å²) >= 11 is 4.91. The van der Waals surface area contributed by atoms with Gasteiger partial charge in [-0.25, -0.2) is 4.79 Å². The van der Waals surface area contributed by atoms with E-state index in [9.17, 15) is 4.79 Å². The maximum Gasteiger partial charge on any atom is 0.338 e. The maximum absolute atomic E-state index is 12.2. The van der Waals surface area contributed by atoms with E-state index in [1.165, 1.54) is 5.56 Å². The molecule has 2 aromatic rings. The minimum Gasteiger partial charge on any atom is -0.462 e. The van der Waals surface area contributed by atoms with Gasteiger partial charge in [-0.2, -0.15) is 0 Å². The first kappa shape index (κ1) is 16.2. The molecule has 0 heterocycles. The molecule has 0 saturated heterocycles. The molecule has 0 aliphatic rings. The highest BCUT2D eigenvalue weighted by Crippen LogP contribution is 2.12. The van der Waals surface area contributed by atoms with Gasteiger partial charge in [-0.3, -0.25) is 0 Å². The second kappa shape index (κ2) is 8.29. The summed E-state index contributed by atoms with van der Waals surface area (Å²) in [4.78, 5) is 12.5.